The van der Waals surface area contributed by atoms with E-state index < -0.39 is 0 Å². The molecule has 2 heterocycles. The molecule has 2 aromatic carbocycles. The van der Waals surface area contributed by atoms with Crippen LogP contribution in [0.25, 0.3) is 22.3 Å². The Morgan fingerprint density at radius 1 is 1.03 bits per heavy atom. The maximum atomic E-state index is 13.8. The average molecular weight is 484 g/mol. The van der Waals surface area contributed by atoms with Gasteiger partial charge in [0.1, 0.15) is 5.69 Å². The Kier molecular flexibility index (Phi) is 7.53. The van der Waals surface area contributed by atoms with Crippen LogP contribution in [-0.4, -0.2) is 37.6 Å². The molecule has 4 rings (SSSR count). The molecule has 0 aliphatic rings. The molecule has 188 valence electrons. The van der Waals surface area contributed by atoms with Crippen LogP contribution >= 0.6 is 0 Å². The second kappa shape index (κ2) is 10.6. The molecule has 0 spiro atoms. The molecule has 0 aliphatic heterocycles. The van der Waals surface area contributed by atoms with Crippen LogP contribution in [0.2, 0.25) is 0 Å². The number of hydrogen-bond donors (Lipinski definition) is 0. The number of aromatic nitrogens is 4. The second-order valence-corrected chi connectivity index (χ2v) is 10.3. The van der Waals surface area contributed by atoms with E-state index in [1.807, 2.05) is 50.0 Å². The van der Waals surface area contributed by atoms with Crippen molar-refractivity contribution in [1.29, 1.82) is 0 Å². The molecular weight excluding hydrogens is 446 g/mol. The molecule has 6 nitrogen and oxygen atoms in total. The molecule has 0 saturated heterocycles. The average Bonchev–Trinajstić information content (AvgIpc) is 3.20. The van der Waals surface area contributed by atoms with Crippen molar-refractivity contribution in [2.24, 2.45) is 5.92 Å². The molecule has 36 heavy (non-hydrogen) atoms. The smallest absolute Gasteiger partial charge is 0.273 e. The number of carbonyl (C=O) groups excluding carboxylic acids is 1. The summed E-state index contributed by atoms with van der Waals surface area (Å²) < 4.78 is 1.95. The van der Waals surface area contributed by atoms with E-state index >= 15 is 0 Å². The van der Waals surface area contributed by atoms with Crippen LogP contribution in [0.5, 0.6) is 0 Å². The summed E-state index contributed by atoms with van der Waals surface area (Å²) in [6.45, 7) is 14.0. The van der Waals surface area contributed by atoms with Crippen LogP contribution in [0.15, 0.2) is 42.6 Å². The first-order valence-electron chi connectivity index (χ1n) is 12.8. The van der Waals surface area contributed by atoms with Gasteiger partial charge in [-0.15, -0.1) is 0 Å². The summed E-state index contributed by atoms with van der Waals surface area (Å²) in [6.07, 6.45) is 3.99. The zero-order chi connectivity index (χ0) is 26.0. The predicted molar refractivity (Wildman–Crippen MR) is 146 cm³/mol. The van der Waals surface area contributed by atoms with E-state index in [1.54, 1.807) is 4.90 Å². The lowest BCUT2D eigenvalue weighted by molar-refractivity contribution is 0.0781. The Hall–Kier alpha value is -3.54. The van der Waals surface area contributed by atoms with E-state index in [0.29, 0.717) is 24.0 Å². The molecule has 0 fully saturated rings. The third-order valence-electron chi connectivity index (χ3n) is 6.72. The van der Waals surface area contributed by atoms with Gasteiger partial charge >= 0.3 is 0 Å². The molecule has 0 bridgehead atoms. The van der Waals surface area contributed by atoms with Gasteiger partial charge in [-0.3, -0.25) is 9.48 Å². The normalized spacial score (nSPS) is 11.4. The van der Waals surface area contributed by atoms with Gasteiger partial charge in [-0.25, -0.2) is 9.97 Å². The molecule has 0 unspecified atom stereocenters. The Morgan fingerprint density at radius 3 is 2.50 bits per heavy atom. The fraction of sp³-hybridized carbons (Fsp3) is 0.400. The molecular formula is C30H37N5O. The first kappa shape index (κ1) is 25.5. The molecule has 0 atom stereocenters. The maximum Gasteiger partial charge on any atom is 0.273 e. The number of benzene rings is 2. The number of rotatable bonds is 8. The molecule has 1 amide bonds. The summed E-state index contributed by atoms with van der Waals surface area (Å²) in [5.74, 6) is 1.11. The quantitative estimate of drug-likeness (QED) is 0.295. The predicted octanol–water partition coefficient (Wildman–Crippen LogP) is 6.30. The lowest BCUT2D eigenvalue weighted by Crippen LogP contribution is -2.28. The minimum absolute atomic E-state index is 0.120. The van der Waals surface area contributed by atoms with E-state index in [-0.39, 0.29) is 5.91 Å². The zero-order valence-electron chi connectivity index (χ0n) is 22.6. The third kappa shape index (κ3) is 5.48. The van der Waals surface area contributed by atoms with Gasteiger partial charge in [0.25, 0.3) is 5.91 Å². The summed E-state index contributed by atoms with van der Waals surface area (Å²) in [5, 5.41) is 5.21. The number of carbonyl (C=O) groups is 1. The van der Waals surface area contributed by atoms with Gasteiger partial charge in [-0.1, -0.05) is 37.1 Å². The number of aryl methyl sites for hydroxylation is 4. The van der Waals surface area contributed by atoms with E-state index in [2.05, 4.69) is 51.0 Å². The van der Waals surface area contributed by atoms with Crippen molar-refractivity contribution in [3.8, 4) is 11.4 Å². The van der Waals surface area contributed by atoms with Gasteiger partial charge in [0.2, 0.25) is 0 Å². The number of hydrogen-bond acceptors (Lipinski definition) is 4. The summed E-state index contributed by atoms with van der Waals surface area (Å²) in [4.78, 5) is 25.2. The van der Waals surface area contributed by atoms with Crippen molar-refractivity contribution >= 4 is 16.8 Å². The topological polar surface area (TPSA) is 63.9 Å². The molecule has 2 aromatic heterocycles. The monoisotopic (exact) mass is 483 g/mol. The second-order valence-electron chi connectivity index (χ2n) is 10.3. The summed E-state index contributed by atoms with van der Waals surface area (Å²) >= 11 is 0. The molecule has 0 N–H and O–H groups in total. The van der Waals surface area contributed by atoms with Crippen LogP contribution in [0.1, 0.15) is 65.6 Å². The number of amides is 1. The molecule has 0 radical (unpaired) electrons. The highest BCUT2D eigenvalue weighted by atomic mass is 16.2. The lowest BCUT2D eigenvalue weighted by atomic mass is 9.98. The summed E-state index contributed by atoms with van der Waals surface area (Å²) in [5.41, 5.74) is 7.81. The Morgan fingerprint density at radius 2 is 1.81 bits per heavy atom. The van der Waals surface area contributed by atoms with Crippen molar-refractivity contribution in [3.63, 3.8) is 0 Å². The van der Waals surface area contributed by atoms with Gasteiger partial charge in [0.15, 0.2) is 5.82 Å². The highest BCUT2D eigenvalue weighted by Crippen LogP contribution is 2.26. The van der Waals surface area contributed by atoms with Crippen molar-refractivity contribution < 1.29 is 4.79 Å². The first-order valence-corrected chi connectivity index (χ1v) is 12.8. The van der Waals surface area contributed by atoms with Crippen LogP contribution in [0.4, 0.5) is 0 Å². The lowest BCUT2D eigenvalue weighted by Gasteiger charge is -2.18. The minimum atomic E-state index is -0.120. The maximum absolute atomic E-state index is 13.8. The number of nitrogens with zero attached hydrogens (tertiary/aromatic N) is 5. The highest BCUT2D eigenvalue weighted by Gasteiger charge is 2.21. The van der Waals surface area contributed by atoms with Gasteiger partial charge < -0.3 is 4.90 Å². The first-order chi connectivity index (χ1) is 17.2. The van der Waals surface area contributed by atoms with Crippen molar-refractivity contribution in [1.82, 2.24) is 24.6 Å². The van der Waals surface area contributed by atoms with E-state index in [4.69, 9.17) is 9.97 Å². The van der Waals surface area contributed by atoms with Crippen molar-refractivity contribution in [2.45, 2.75) is 67.5 Å². The van der Waals surface area contributed by atoms with Crippen LogP contribution < -0.4 is 0 Å². The Labute approximate surface area is 214 Å². The summed E-state index contributed by atoms with van der Waals surface area (Å²) in [6, 6.07) is 12.5. The standard InChI is InChI=1S/C30H37N5O/c1-8-35-22(6)25(17-31-35)18-34(7)30(36)28-26-15-20(4)10-12-27(26)32-29(33-28)24-14-21(5)13-23(16-24)11-9-19(2)3/h10,12-17,19H,8-9,11,18H2,1-7H3. The van der Waals surface area contributed by atoms with Crippen LogP contribution in [-0.2, 0) is 19.5 Å². The van der Waals surface area contributed by atoms with Crippen molar-refractivity contribution in [3.05, 3.63) is 76.2 Å². The van der Waals surface area contributed by atoms with Crippen LogP contribution in [0.3, 0.4) is 0 Å². The fourth-order valence-electron chi connectivity index (χ4n) is 4.59. The van der Waals surface area contributed by atoms with Gasteiger partial charge in [-0.2, -0.15) is 5.10 Å². The Balaban J connectivity index is 1.75. The van der Waals surface area contributed by atoms with Crippen molar-refractivity contribution in [2.75, 3.05) is 7.05 Å². The highest BCUT2D eigenvalue weighted by molar-refractivity contribution is 6.05. The van der Waals surface area contributed by atoms with Gasteiger partial charge in [0.05, 0.1) is 11.7 Å². The SMILES string of the molecule is CCn1ncc(CN(C)C(=O)c2nc(-c3cc(C)cc(CCC(C)C)c3)nc3ccc(C)cc23)c1C. The largest absolute Gasteiger partial charge is 0.336 e. The van der Waals surface area contributed by atoms with Gasteiger partial charge in [0, 0.05) is 42.3 Å². The molecule has 6 heteroatoms. The third-order valence-corrected chi connectivity index (χ3v) is 6.72. The molecule has 0 aliphatic carbocycles. The summed E-state index contributed by atoms with van der Waals surface area (Å²) in [7, 11) is 1.82. The zero-order valence-corrected chi connectivity index (χ0v) is 22.6. The van der Waals surface area contributed by atoms with E-state index in [1.165, 1.54) is 11.1 Å². The van der Waals surface area contributed by atoms with Gasteiger partial charge in [-0.05, 0) is 76.3 Å². The minimum Gasteiger partial charge on any atom is -0.336 e. The molecule has 0 saturated carbocycles. The molecule has 4 aromatic rings. The van der Waals surface area contributed by atoms with Crippen LogP contribution in [0, 0.1) is 26.7 Å². The Bertz CT molecular complexity index is 1400. The fourth-order valence-corrected chi connectivity index (χ4v) is 4.59. The van der Waals surface area contributed by atoms with E-state index in [0.717, 1.165) is 52.7 Å². The van der Waals surface area contributed by atoms with E-state index in [9.17, 15) is 4.79 Å². The number of fused-ring (bicyclic) bond motifs is 1.